The summed E-state index contributed by atoms with van der Waals surface area (Å²) < 4.78 is 4.98. The number of methoxy groups -OCH3 is 1. The van der Waals surface area contributed by atoms with Gasteiger partial charge in [0.05, 0.1) is 6.61 Å². The number of likely N-dealkylation sites (N-methyl/N-ethyl adjacent to an activating group) is 1. The maximum atomic E-state index is 4.98. The minimum absolute atomic E-state index is 0.855. The van der Waals surface area contributed by atoms with Gasteiger partial charge in [-0.25, -0.2) is 0 Å². The summed E-state index contributed by atoms with van der Waals surface area (Å²) in [6.07, 6.45) is 1.23. The van der Waals surface area contributed by atoms with E-state index in [1.54, 1.807) is 7.11 Å². The molecule has 0 saturated heterocycles. The standard InChI is InChI=1S/C8H19NO/c1-4-6-9(5-2)7-8-10-3/h4-8H2,1-3H3. The van der Waals surface area contributed by atoms with Gasteiger partial charge in [-0.1, -0.05) is 13.8 Å². The molecule has 0 rings (SSSR count). The summed E-state index contributed by atoms with van der Waals surface area (Å²) in [5, 5.41) is 0. The van der Waals surface area contributed by atoms with E-state index in [0.717, 1.165) is 19.7 Å². The topological polar surface area (TPSA) is 12.5 Å². The highest BCUT2D eigenvalue weighted by Crippen LogP contribution is 1.89. The van der Waals surface area contributed by atoms with Crippen molar-refractivity contribution < 1.29 is 4.74 Å². The molecule has 2 nitrogen and oxygen atoms in total. The van der Waals surface area contributed by atoms with E-state index >= 15 is 0 Å². The van der Waals surface area contributed by atoms with E-state index in [4.69, 9.17) is 4.74 Å². The Morgan fingerprint density at radius 3 is 2.30 bits per heavy atom. The molecule has 62 valence electrons. The Hall–Kier alpha value is -0.0800. The molecule has 0 spiro atoms. The second kappa shape index (κ2) is 7.03. The second-order valence-corrected chi connectivity index (χ2v) is 2.43. The van der Waals surface area contributed by atoms with Crippen LogP contribution in [0.1, 0.15) is 20.3 Å². The first-order chi connectivity index (χ1) is 4.85. The normalized spacial score (nSPS) is 10.8. The Balaban J connectivity index is 3.21. The maximum absolute atomic E-state index is 4.98. The fraction of sp³-hybridized carbons (Fsp3) is 1.00. The third-order valence-corrected chi connectivity index (χ3v) is 1.60. The van der Waals surface area contributed by atoms with Gasteiger partial charge in [0.15, 0.2) is 0 Å². The van der Waals surface area contributed by atoms with Gasteiger partial charge in [-0.2, -0.15) is 0 Å². The largest absolute Gasteiger partial charge is 0.383 e. The van der Waals surface area contributed by atoms with E-state index in [2.05, 4.69) is 18.7 Å². The van der Waals surface area contributed by atoms with Gasteiger partial charge in [0.25, 0.3) is 0 Å². The molecule has 0 saturated carbocycles. The van der Waals surface area contributed by atoms with E-state index in [9.17, 15) is 0 Å². The van der Waals surface area contributed by atoms with Crippen molar-refractivity contribution in [3.05, 3.63) is 0 Å². The molecular formula is C8H19NO. The lowest BCUT2D eigenvalue weighted by Crippen LogP contribution is -2.27. The van der Waals surface area contributed by atoms with Crippen molar-refractivity contribution in [2.24, 2.45) is 0 Å². The number of ether oxygens (including phenoxy) is 1. The van der Waals surface area contributed by atoms with Gasteiger partial charge < -0.3 is 9.64 Å². The highest BCUT2D eigenvalue weighted by Gasteiger charge is 1.97. The molecule has 0 fully saturated rings. The molecule has 10 heavy (non-hydrogen) atoms. The van der Waals surface area contributed by atoms with Crippen LogP contribution < -0.4 is 0 Å². The molecule has 0 atom stereocenters. The van der Waals surface area contributed by atoms with Crippen molar-refractivity contribution in [3.8, 4) is 0 Å². The molecule has 0 bridgehead atoms. The smallest absolute Gasteiger partial charge is 0.0589 e. The number of hydrogen-bond acceptors (Lipinski definition) is 2. The summed E-state index contributed by atoms with van der Waals surface area (Å²) in [6, 6.07) is 0. The fourth-order valence-corrected chi connectivity index (χ4v) is 0.965. The summed E-state index contributed by atoms with van der Waals surface area (Å²) in [5.74, 6) is 0. The van der Waals surface area contributed by atoms with Gasteiger partial charge in [-0.3, -0.25) is 0 Å². The minimum atomic E-state index is 0.855. The van der Waals surface area contributed by atoms with Crippen LogP contribution in [0, 0.1) is 0 Å². The van der Waals surface area contributed by atoms with Crippen LogP contribution in [0.5, 0.6) is 0 Å². The van der Waals surface area contributed by atoms with E-state index in [1.165, 1.54) is 13.0 Å². The predicted octanol–water partition coefficient (Wildman–Crippen LogP) is 1.36. The van der Waals surface area contributed by atoms with Crippen LogP contribution in [0.3, 0.4) is 0 Å². The lowest BCUT2D eigenvalue weighted by Gasteiger charge is -2.18. The number of nitrogens with zero attached hydrogens (tertiary/aromatic N) is 1. The zero-order valence-electron chi connectivity index (χ0n) is 7.39. The van der Waals surface area contributed by atoms with Crippen LogP contribution in [0.4, 0.5) is 0 Å². The highest BCUT2D eigenvalue weighted by atomic mass is 16.5. The van der Waals surface area contributed by atoms with Gasteiger partial charge in [0, 0.05) is 13.7 Å². The lowest BCUT2D eigenvalue weighted by molar-refractivity contribution is 0.151. The van der Waals surface area contributed by atoms with Crippen LogP contribution in [0.2, 0.25) is 0 Å². The summed E-state index contributed by atoms with van der Waals surface area (Å²) in [6.45, 7) is 8.65. The van der Waals surface area contributed by atoms with Crippen LogP contribution in [0.15, 0.2) is 0 Å². The Morgan fingerprint density at radius 1 is 1.20 bits per heavy atom. The van der Waals surface area contributed by atoms with Crippen molar-refractivity contribution in [2.75, 3.05) is 33.4 Å². The molecule has 0 aromatic heterocycles. The molecule has 2 heteroatoms. The van der Waals surface area contributed by atoms with Crippen LogP contribution in [-0.4, -0.2) is 38.3 Å². The SMILES string of the molecule is CCCN(CC)CCOC. The summed E-state index contributed by atoms with van der Waals surface area (Å²) in [7, 11) is 1.75. The molecular weight excluding hydrogens is 126 g/mol. The van der Waals surface area contributed by atoms with E-state index in [0.29, 0.717) is 0 Å². The van der Waals surface area contributed by atoms with Gasteiger partial charge in [0.2, 0.25) is 0 Å². The van der Waals surface area contributed by atoms with Gasteiger partial charge in [0.1, 0.15) is 0 Å². The molecule has 0 aliphatic rings. The molecule has 0 aliphatic heterocycles. The van der Waals surface area contributed by atoms with Gasteiger partial charge in [-0.05, 0) is 19.5 Å². The summed E-state index contributed by atoms with van der Waals surface area (Å²) >= 11 is 0. The Bertz CT molecular complexity index is 66.3. The molecule has 0 N–H and O–H groups in total. The summed E-state index contributed by atoms with van der Waals surface area (Å²) in [4.78, 5) is 2.39. The molecule has 0 amide bonds. The summed E-state index contributed by atoms with van der Waals surface area (Å²) in [5.41, 5.74) is 0. The van der Waals surface area contributed by atoms with Crippen molar-refractivity contribution in [1.82, 2.24) is 4.90 Å². The zero-order chi connectivity index (χ0) is 7.82. The van der Waals surface area contributed by atoms with E-state index in [1.807, 2.05) is 0 Å². The Labute approximate surface area is 64.2 Å². The highest BCUT2D eigenvalue weighted by molar-refractivity contribution is 4.51. The fourth-order valence-electron chi connectivity index (χ4n) is 0.965. The Kier molecular flexibility index (Phi) is 6.98. The average molecular weight is 145 g/mol. The predicted molar refractivity (Wildman–Crippen MR) is 44.3 cm³/mol. The second-order valence-electron chi connectivity index (χ2n) is 2.43. The van der Waals surface area contributed by atoms with Crippen molar-refractivity contribution >= 4 is 0 Å². The van der Waals surface area contributed by atoms with E-state index < -0.39 is 0 Å². The minimum Gasteiger partial charge on any atom is -0.383 e. The zero-order valence-corrected chi connectivity index (χ0v) is 7.39. The quantitative estimate of drug-likeness (QED) is 0.559. The first kappa shape index (κ1) is 9.92. The van der Waals surface area contributed by atoms with Crippen LogP contribution >= 0.6 is 0 Å². The molecule has 0 unspecified atom stereocenters. The number of rotatable bonds is 6. The maximum Gasteiger partial charge on any atom is 0.0589 e. The van der Waals surface area contributed by atoms with Gasteiger partial charge >= 0.3 is 0 Å². The lowest BCUT2D eigenvalue weighted by atomic mass is 10.4. The first-order valence-electron chi connectivity index (χ1n) is 4.06. The monoisotopic (exact) mass is 145 g/mol. The van der Waals surface area contributed by atoms with Gasteiger partial charge in [-0.15, -0.1) is 0 Å². The molecule has 0 aromatic carbocycles. The number of hydrogen-bond donors (Lipinski definition) is 0. The van der Waals surface area contributed by atoms with E-state index in [-0.39, 0.29) is 0 Å². The van der Waals surface area contributed by atoms with Crippen LogP contribution in [-0.2, 0) is 4.74 Å². The molecule has 0 heterocycles. The third-order valence-electron chi connectivity index (χ3n) is 1.60. The average Bonchev–Trinajstić information content (AvgIpc) is 1.98. The van der Waals surface area contributed by atoms with Crippen molar-refractivity contribution in [3.63, 3.8) is 0 Å². The molecule has 0 aliphatic carbocycles. The Morgan fingerprint density at radius 2 is 1.90 bits per heavy atom. The molecule has 0 radical (unpaired) electrons. The molecule has 0 aromatic rings. The van der Waals surface area contributed by atoms with Crippen molar-refractivity contribution in [2.45, 2.75) is 20.3 Å². The van der Waals surface area contributed by atoms with Crippen molar-refractivity contribution in [1.29, 1.82) is 0 Å². The van der Waals surface area contributed by atoms with Crippen LogP contribution in [0.25, 0.3) is 0 Å². The first-order valence-corrected chi connectivity index (χ1v) is 4.06. The third kappa shape index (κ3) is 4.77.